The smallest absolute Gasteiger partial charge is 0.224 e. The molecule has 2 aromatic rings. The van der Waals surface area contributed by atoms with E-state index in [1.54, 1.807) is 24.3 Å². The number of rotatable bonds is 13. The van der Waals surface area contributed by atoms with Crippen LogP contribution in [0.15, 0.2) is 54.6 Å². The van der Waals surface area contributed by atoms with Crippen molar-refractivity contribution in [3.63, 3.8) is 0 Å². The minimum atomic E-state index is -0.459. The van der Waals surface area contributed by atoms with Gasteiger partial charge in [0.1, 0.15) is 12.4 Å². The van der Waals surface area contributed by atoms with Crippen molar-refractivity contribution in [1.29, 1.82) is 0 Å². The van der Waals surface area contributed by atoms with Gasteiger partial charge in [0.05, 0.1) is 0 Å². The van der Waals surface area contributed by atoms with Crippen molar-refractivity contribution in [3.8, 4) is 0 Å². The number of unbranched alkanes of at least 4 members (excludes halogenated alkanes) is 3. The second-order valence-electron chi connectivity index (χ2n) is 7.23. The van der Waals surface area contributed by atoms with Crippen LogP contribution in [0.3, 0.4) is 0 Å². The highest BCUT2D eigenvalue weighted by molar-refractivity contribution is 5.90. The van der Waals surface area contributed by atoms with Crippen LogP contribution in [0.25, 0.3) is 0 Å². The Morgan fingerprint density at radius 1 is 0.690 bits per heavy atom. The highest BCUT2D eigenvalue weighted by Crippen LogP contribution is 2.13. The Hall–Kier alpha value is -2.79. The van der Waals surface area contributed by atoms with Gasteiger partial charge < -0.3 is 10.4 Å². The largest absolute Gasteiger partial charge is 0.389 e. The van der Waals surface area contributed by atoms with Crippen LogP contribution in [-0.4, -0.2) is 29.2 Å². The van der Waals surface area contributed by atoms with Gasteiger partial charge in [-0.1, -0.05) is 55.3 Å². The van der Waals surface area contributed by atoms with Crippen molar-refractivity contribution in [1.82, 2.24) is 0 Å². The van der Waals surface area contributed by atoms with E-state index in [9.17, 15) is 14.4 Å². The highest BCUT2D eigenvalue weighted by atomic mass is 16.3. The average Bonchev–Trinajstić information content (AvgIpc) is 2.72. The third kappa shape index (κ3) is 9.30. The number of carbonyl (C=O) groups excluding carboxylic acids is 3. The van der Waals surface area contributed by atoms with E-state index in [1.165, 1.54) is 0 Å². The first-order valence-electron chi connectivity index (χ1n) is 10.1. The number of amides is 1. The first kappa shape index (κ1) is 22.5. The van der Waals surface area contributed by atoms with Crippen molar-refractivity contribution in [2.75, 3.05) is 11.9 Å². The van der Waals surface area contributed by atoms with E-state index < -0.39 is 6.61 Å². The number of hydrogen-bond acceptors (Lipinski definition) is 4. The Morgan fingerprint density at radius 3 is 1.93 bits per heavy atom. The van der Waals surface area contributed by atoms with Crippen LogP contribution in [0, 0.1) is 0 Å². The number of aliphatic hydroxyl groups excluding tert-OH is 1. The molecule has 0 spiro atoms. The Labute approximate surface area is 172 Å². The summed E-state index contributed by atoms with van der Waals surface area (Å²) in [6, 6.07) is 16.8. The molecule has 0 aliphatic heterocycles. The SMILES string of the molecule is O=C(CO)Cc1ccc(NC(=O)CCCCCCC(=O)Cc2ccccc2)cc1. The average molecular weight is 395 g/mol. The Kier molecular flexibility index (Phi) is 9.80. The number of ketones is 2. The van der Waals surface area contributed by atoms with Crippen molar-refractivity contribution in [3.05, 3.63) is 65.7 Å². The van der Waals surface area contributed by atoms with Gasteiger partial charge in [-0.3, -0.25) is 14.4 Å². The van der Waals surface area contributed by atoms with Crippen LogP contribution in [0.4, 0.5) is 5.69 Å². The molecule has 0 heterocycles. The maximum absolute atomic E-state index is 12.0. The molecular formula is C24H29NO4. The Bertz CT molecular complexity index is 784. The molecule has 0 unspecified atom stereocenters. The molecule has 0 bridgehead atoms. The number of carbonyl (C=O) groups is 3. The third-order valence-electron chi connectivity index (χ3n) is 4.67. The van der Waals surface area contributed by atoms with Gasteiger partial charge in [0.2, 0.25) is 5.91 Å². The minimum absolute atomic E-state index is 0.0376. The highest BCUT2D eigenvalue weighted by Gasteiger charge is 2.06. The van der Waals surface area contributed by atoms with Gasteiger partial charge in [-0.05, 0) is 36.1 Å². The summed E-state index contributed by atoms with van der Waals surface area (Å²) in [6.45, 7) is -0.459. The molecule has 0 saturated carbocycles. The molecule has 2 rings (SSSR count). The molecule has 0 saturated heterocycles. The molecule has 0 aromatic heterocycles. The van der Waals surface area contributed by atoms with E-state index in [-0.39, 0.29) is 23.9 Å². The van der Waals surface area contributed by atoms with Gasteiger partial charge in [0, 0.05) is 31.4 Å². The zero-order valence-corrected chi connectivity index (χ0v) is 16.7. The van der Waals surface area contributed by atoms with Crippen LogP contribution in [0.1, 0.15) is 49.7 Å². The lowest BCUT2D eigenvalue weighted by Gasteiger charge is -2.06. The quantitative estimate of drug-likeness (QED) is 0.504. The fraction of sp³-hybridized carbons (Fsp3) is 0.375. The Balaban J connectivity index is 1.55. The topological polar surface area (TPSA) is 83.5 Å². The van der Waals surface area contributed by atoms with E-state index in [1.807, 2.05) is 30.3 Å². The first-order valence-corrected chi connectivity index (χ1v) is 10.1. The zero-order chi connectivity index (χ0) is 20.9. The number of Topliss-reactive ketones (excluding diaryl/α,β-unsaturated/α-hetero) is 2. The van der Waals surface area contributed by atoms with Crippen LogP contribution in [-0.2, 0) is 27.2 Å². The molecule has 2 N–H and O–H groups in total. The molecule has 5 heteroatoms. The predicted octanol–water partition coefficient (Wildman–Crippen LogP) is 3.88. The molecule has 0 aliphatic carbocycles. The van der Waals surface area contributed by atoms with Gasteiger partial charge >= 0.3 is 0 Å². The molecular weight excluding hydrogens is 366 g/mol. The molecule has 154 valence electrons. The first-order chi connectivity index (χ1) is 14.1. The molecule has 29 heavy (non-hydrogen) atoms. The van der Waals surface area contributed by atoms with Crippen molar-refractivity contribution in [2.45, 2.75) is 51.4 Å². The number of nitrogens with one attached hydrogen (secondary N) is 1. The minimum Gasteiger partial charge on any atom is -0.389 e. The van der Waals surface area contributed by atoms with Gasteiger partial charge in [-0.25, -0.2) is 0 Å². The fourth-order valence-corrected chi connectivity index (χ4v) is 3.09. The summed E-state index contributed by atoms with van der Waals surface area (Å²) in [5.41, 5.74) is 2.56. The lowest BCUT2D eigenvalue weighted by atomic mass is 10.0. The van der Waals surface area contributed by atoms with Gasteiger partial charge in [0.15, 0.2) is 5.78 Å². The van der Waals surface area contributed by atoms with Gasteiger partial charge in [-0.15, -0.1) is 0 Å². The zero-order valence-electron chi connectivity index (χ0n) is 16.7. The van der Waals surface area contributed by atoms with Crippen molar-refractivity contribution < 1.29 is 19.5 Å². The van der Waals surface area contributed by atoms with E-state index in [0.717, 1.165) is 36.8 Å². The van der Waals surface area contributed by atoms with Crippen molar-refractivity contribution in [2.24, 2.45) is 0 Å². The summed E-state index contributed by atoms with van der Waals surface area (Å²) in [5.74, 6) is -0.00836. The monoisotopic (exact) mass is 395 g/mol. The lowest BCUT2D eigenvalue weighted by molar-refractivity contribution is -0.121. The van der Waals surface area contributed by atoms with Gasteiger partial charge in [-0.2, -0.15) is 0 Å². The van der Waals surface area contributed by atoms with Crippen LogP contribution < -0.4 is 5.32 Å². The lowest BCUT2D eigenvalue weighted by Crippen LogP contribution is -2.11. The van der Waals surface area contributed by atoms with E-state index in [2.05, 4.69) is 5.32 Å². The third-order valence-corrected chi connectivity index (χ3v) is 4.67. The predicted molar refractivity (Wildman–Crippen MR) is 114 cm³/mol. The molecule has 0 radical (unpaired) electrons. The molecule has 1 amide bonds. The Morgan fingerprint density at radius 2 is 1.28 bits per heavy atom. The maximum atomic E-state index is 12.0. The summed E-state index contributed by atoms with van der Waals surface area (Å²) in [5, 5.41) is 11.6. The summed E-state index contributed by atoms with van der Waals surface area (Å²) >= 11 is 0. The van der Waals surface area contributed by atoms with E-state index in [4.69, 9.17) is 5.11 Å². The molecule has 0 aliphatic rings. The number of benzene rings is 2. The molecule has 5 nitrogen and oxygen atoms in total. The van der Waals surface area contributed by atoms with E-state index in [0.29, 0.717) is 24.9 Å². The summed E-state index contributed by atoms with van der Waals surface area (Å²) in [6.07, 6.45) is 5.25. The maximum Gasteiger partial charge on any atom is 0.224 e. The molecule has 2 aromatic carbocycles. The summed E-state index contributed by atoms with van der Waals surface area (Å²) < 4.78 is 0. The van der Waals surface area contributed by atoms with Gasteiger partial charge in [0.25, 0.3) is 0 Å². The standard InChI is InChI=1S/C24H29NO4/c26-18-23(28)17-20-12-14-21(15-13-20)25-24(29)11-7-2-1-6-10-22(27)16-19-8-4-3-5-9-19/h3-5,8-9,12-15,26H,1-2,6-7,10-11,16-18H2,(H,25,29). The summed E-state index contributed by atoms with van der Waals surface area (Å²) in [7, 11) is 0. The normalized spacial score (nSPS) is 10.5. The fourth-order valence-electron chi connectivity index (χ4n) is 3.09. The second-order valence-corrected chi connectivity index (χ2v) is 7.23. The number of hydrogen-bond donors (Lipinski definition) is 2. The van der Waals surface area contributed by atoms with Crippen LogP contribution >= 0.6 is 0 Å². The van der Waals surface area contributed by atoms with Crippen molar-refractivity contribution >= 4 is 23.2 Å². The number of aliphatic hydroxyl groups is 1. The molecule has 0 atom stereocenters. The summed E-state index contributed by atoms with van der Waals surface area (Å²) in [4.78, 5) is 35.2. The molecule has 0 fully saturated rings. The van der Waals surface area contributed by atoms with E-state index >= 15 is 0 Å². The number of anilines is 1. The van der Waals surface area contributed by atoms with Crippen LogP contribution in [0.2, 0.25) is 0 Å². The van der Waals surface area contributed by atoms with Crippen LogP contribution in [0.5, 0.6) is 0 Å². The second kappa shape index (κ2) is 12.6.